The fraction of sp³-hybridized carbons (Fsp3) is 0.333. The van der Waals surface area contributed by atoms with E-state index < -0.39 is 29.6 Å². The molecular weight excluding hydrogens is 601 g/mol. The predicted molar refractivity (Wildman–Crippen MR) is 169 cm³/mol. The number of hydrogen-bond donors (Lipinski definition) is 3. The summed E-state index contributed by atoms with van der Waals surface area (Å²) in [7, 11) is 4.37. The van der Waals surface area contributed by atoms with Crippen molar-refractivity contribution < 1.29 is 28.3 Å². The zero-order chi connectivity index (χ0) is 32.4. The Balaban J connectivity index is 1.40. The molecule has 0 aromatic heterocycles. The first kappa shape index (κ1) is 31.9. The van der Waals surface area contributed by atoms with Crippen molar-refractivity contribution in [1.29, 1.82) is 0 Å². The number of benzene rings is 3. The molecule has 10 nitrogen and oxygen atoms in total. The van der Waals surface area contributed by atoms with Crippen molar-refractivity contribution in [3.8, 4) is 28.0 Å². The van der Waals surface area contributed by atoms with Crippen LogP contribution in [0.4, 0.5) is 14.9 Å². The van der Waals surface area contributed by atoms with Crippen LogP contribution < -0.4 is 20.7 Å². The Kier molecular flexibility index (Phi) is 9.40. The van der Waals surface area contributed by atoms with Crippen LogP contribution in [0.25, 0.3) is 22.3 Å². The third-order valence-electron chi connectivity index (χ3n) is 8.41. The van der Waals surface area contributed by atoms with Crippen LogP contribution in [0.1, 0.15) is 24.0 Å². The van der Waals surface area contributed by atoms with Gasteiger partial charge in [-0.2, -0.15) is 0 Å². The molecule has 12 heteroatoms. The van der Waals surface area contributed by atoms with Crippen molar-refractivity contribution in [2.45, 2.75) is 32.4 Å². The zero-order valence-electron chi connectivity index (χ0n) is 25.5. The van der Waals surface area contributed by atoms with Gasteiger partial charge in [-0.25, -0.2) is 9.18 Å². The van der Waals surface area contributed by atoms with Crippen LogP contribution in [0.15, 0.2) is 48.5 Å². The maximum Gasteiger partial charge on any atom is 0.326 e. The fourth-order valence-corrected chi connectivity index (χ4v) is 6.05. The van der Waals surface area contributed by atoms with E-state index in [0.717, 1.165) is 21.6 Å². The summed E-state index contributed by atoms with van der Waals surface area (Å²) in [6, 6.07) is 13.7. The maximum absolute atomic E-state index is 15.5. The van der Waals surface area contributed by atoms with Gasteiger partial charge in [0.1, 0.15) is 17.5 Å². The summed E-state index contributed by atoms with van der Waals surface area (Å²) in [5.41, 5.74) is 4.36. The molecule has 0 aliphatic carbocycles. The minimum absolute atomic E-state index is 0.0206. The minimum atomic E-state index is -1.07. The van der Waals surface area contributed by atoms with E-state index in [0.29, 0.717) is 47.5 Å². The van der Waals surface area contributed by atoms with Gasteiger partial charge in [0.05, 0.1) is 17.8 Å². The first-order valence-electron chi connectivity index (χ1n) is 14.6. The topological polar surface area (TPSA) is 120 Å². The summed E-state index contributed by atoms with van der Waals surface area (Å²) < 4.78 is 21.1. The molecule has 3 N–H and O–H groups in total. The molecule has 3 aromatic carbocycles. The van der Waals surface area contributed by atoms with Gasteiger partial charge in [0.2, 0.25) is 17.7 Å². The molecule has 0 saturated carbocycles. The molecule has 0 radical (unpaired) electrons. The van der Waals surface area contributed by atoms with Crippen molar-refractivity contribution in [2.24, 2.45) is 5.92 Å². The number of rotatable bonds is 8. The van der Waals surface area contributed by atoms with Crippen LogP contribution in [0.3, 0.4) is 0 Å². The lowest BCUT2D eigenvalue weighted by atomic mass is 9.91. The molecule has 3 aromatic rings. The number of methoxy groups -OCH3 is 1. The van der Waals surface area contributed by atoms with E-state index in [1.165, 1.54) is 32.2 Å². The smallest absolute Gasteiger partial charge is 0.326 e. The standard InChI is InChI=1S/C33H35ClFN5O5/c1-18-21(19-13-26(35)24(28(14-19)45-4)16-36-20-11-12-29(41)37-15-20)7-5-8-22(18)23-9-6-10-27(30(23)34)38-31(42)25-17-39(2)33(44)40(3)32(25)43/h5-10,13-14,20,25,36H,11-12,15-17H2,1-4H3,(H,37,41)(H,38,42)/t20-,25?/m0/s1. The summed E-state index contributed by atoms with van der Waals surface area (Å²) >= 11 is 6.83. The number of imide groups is 1. The predicted octanol–water partition coefficient (Wildman–Crippen LogP) is 4.58. The molecule has 236 valence electrons. The second-order valence-corrected chi connectivity index (χ2v) is 11.7. The van der Waals surface area contributed by atoms with E-state index in [1.807, 2.05) is 31.2 Å². The van der Waals surface area contributed by atoms with Gasteiger partial charge >= 0.3 is 6.03 Å². The molecule has 2 fully saturated rings. The monoisotopic (exact) mass is 635 g/mol. The lowest BCUT2D eigenvalue weighted by molar-refractivity contribution is -0.140. The number of ether oxygens (including phenoxy) is 1. The van der Waals surface area contributed by atoms with Crippen LogP contribution in [0.5, 0.6) is 5.75 Å². The number of nitrogens with one attached hydrogen (secondary N) is 3. The average Bonchev–Trinajstić information content (AvgIpc) is 3.03. The van der Waals surface area contributed by atoms with Gasteiger partial charge in [-0.05, 0) is 53.8 Å². The fourth-order valence-electron chi connectivity index (χ4n) is 5.78. The molecule has 2 heterocycles. The number of halogens is 2. The van der Waals surface area contributed by atoms with Gasteiger partial charge < -0.3 is 25.6 Å². The van der Waals surface area contributed by atoms with Gasteiger partial charge in [0.15, 0.2) is 0 Å². The SMILES string of the molecule is COc1cc(-c2cccc(-c3cccc(NC(=O)C4CN(C)C(=O)N(C)C4=O)c3Cl)c2C)cc(F)c1CN[C@H]1CCC(=O)NC1. The Hall–Kier alpha value is -4.48. The highest BCUT2D eigenvalue weighted by atomic mass is 35.5. The zero-order valence-corrected chi connectivity index (χ0v) is 26.3. The Morgan fingerprint density at radius 3 is 2.51 bits per heavy atom. The second kappa shape index (κ2) is 13.3. The van der Waals surface area contributed by atoms with Crippen molar-refractivity contribution in [2.75, 3.05) is 39.6 Å². The van der Waals surface area contributed by atoms with Crippen molar-refractivity contribution in [3.05, 3.63) is 70.5 Å². The molecule has 2 aliphatic heterocycles. The van der Waals surface area contributed by atoms with E-state index >= 15 is 4.39 Å². The molecule has 5 rings (SSSR count). The molecule has 2 saturated heterocycles. The van der Waals surface area contributed by atoms with Crippen molar-refractivity contribution >= 4 is 41.0 Å². The molecule has 45 heavy (non-hydrogen) atoms. The highest BCUT2D eigenvalue weighted by molar-refractivity contribution is 6.36. The van der Waals surface area contributed by atoms with Crippen LogP contribution in [-0.4, -0.2) is 73.9 Å². The van der Waals surface area contributed by atoms with E-state index in [2.05, 4.69) is 16.0 Å². The molecule has 2 aliphatic rings. The summed E-state index contributed by atoms with van der Waals surface area (Å²) in [6.45, 7) is 2.61. The van der Waals surface area contributed by atoms with E-state index in [4.69, 9.17) is 16.3 Å². The van der Waals surface area contributed by atoms with Crippen LogP contribution in [-0.2, 0) is 20.9 Å². The Morgan fingerprint density at radius 1 is 1.09 bits per heavy atom. The summed E-state index contributed by atoms with van der Waals surface area (Å²) in [6.07, 6.45) is 1.12. The number of urea groups is 1. The second-order valence-electron chi connectivity index (χ2n) is 11.3. The lowest BCUT2D eigenvalue weighted by Gasteiger charge is -2.33. The quantitative estimate of drug-likeness (QED) is 0.312. The molecule has 1 unspecified atom stereocenters. The third-order valence-corrected chi connectivity index (χ3v) is 8.82. The Bertz CT molecular complexity index is 1670. The highest BCUT2D eigenvalue weighted by Crippen LogP contribution is 2.40. The van der Waals surface area contributed by atoms with Crippen LogP contribution in [0, 0.1) is 18.7 Å². The maximum atomic E-state index is 15.5. The molecule has 2 atom stereocenters. The number of carbonyl (C=O) groups is 4. The van der Waals surface area contributed by atoms with Crippen LogP contribution in [0.2, 0.25) is 5.02 Å². The van der Waals surface area contributed by atoms with Gasteiger partial charge in [0, 0.05) is 57.3 Å². The highest BCUT2D eigenvalue weighted by Gasteiger charge is 2.39. The summed E-state index contributed by atoms with van der Waals surface area (Å²) in [4.78, 5) is 51.6. The van der Waals surface area contributed by atoms with Gasteiger partial charge in [-0.3, -0.25) is 19.3 Å². The largest absolute Gasteiger partial charge is 0.496 e. The summed E-state index contributed by atoms with van der Waals surface area (Å²) in [5, 5.41) is 9.17. The number of piperidine rings is 1. The number of carbonyl (C=O) groups excluding carboxylic acids is 4. The molecule has 0 spiro atoms. The summed E-state index contributed by atoms with van der Waals surface area (Å²) in [5.74, 6) is -2.22. The molecule has 5 amide bonds. The van der Waals surface area contributed by atoms with E-state index in [1.54, 1.807) is 18.2 Å². The van der Waals surface area contributed by atoms with E-state index in [9.17, 15) is 19.2 Å². The molecular formula is C33H35ClFN5O5. The number of amides is 5. The van der Waals surface area contributed by atoms with Crippen molar-refractivity contribution in [3.63, 3.8) is 0 Å². The third kappa shape index (κ3) is 6.50. The normalized spacial score (nSPS) is 18.6. The van der Waals surface area contributed by atoms with Gasteiger partial charge in [0.25, 0.3) is 0 Å². The first-order valence-corrected chi connectivity index (χ1v) is 15.0. The number of nitrogens with zero attached hydrogens (tertiary/aromatic N) is 2. The number of anilines is 1. The van der Waals surface area contributed by atoms with Crippen LogP contribution >= 0.6 is 11.6 Å². The lowest BCUT2D eigenvalue weighted by Crippen LogP contribution is -2.56. The van der Waals surface area contributed by atoms with Gasteiger partial charge in [-0.15, -0.1) is 0 Å². The van der Waals surface area contributed by atoms with E-state index in [-0.39, 0.29) is 30.1 Å². The van der Waals surface area contributed by atoms with Crippen molar-refractivity contribution in [1.82, 2.24) is 20.4 Å². The molecule has 0 bridgehead atoms. The number of hydrogen-bond acceptors (Lipinski definition) is 6. The average molecular weight is 636 g/mol. The Labute approximate surface area is 265 Å². The minimum Gasteiger partial charge on any atom is -0.496 e. The first-order chi connectivity index (χ1) is 21.5. The Morgan fingerprint density at radius 2 is 1.80 bits per heavy atom. The van der Waals surface area contributed by atoms with Gasteiger partial charge in [-0.1, -0.05) is 41.9 Å².